The Morgan fingerprint density at radius 3 is 2.58 bits per heavy atom. The molecule has 0 radical (unpaired) electrons. The fourth-order valence-electron chi connectivity index (χ4n) is 2.54. The number of esters is 1. The van der Waals surface area contributed by atoms with Crippen molar-refractivity contribution in [3.05, 3.63) is 42.5 Å². The van der Waals surface area contributed by atoms with Crippen molar-refractivity contribution in [2.24, 2.45) is 0 Å². The molecule has 5 nitrogen and oxygen atoms in total. The average Bonchev–Trinajstić information content (AvgIpc) is 2.49. The van der Waals surface area contributed by atoms with Crippen LogP contribution in [-0.4, -0.2) is 42.6 Å². The third-order valence-corrected chi connectivity index (χ3v) is 3.92. The number of ether oxygens (including phenoxy) is 2. The van der Waals surface area contributed by atoms with Gasteiger partial charge in [0.25, 0.3) is 0 Å². The third kappa shape index (κ3) is 4.60. The van der Waals surface area contributed by atoms with E-state index in [9.17, 15) is 9.59 Å². The zero-order valence-corrected chi connectivity index (χ0v) is 14.6. The van der Waals surface area contributed by atoms with Crippen LogP contribution >= 0.6 is 0 Å². The highest BCUT2D eigenvalue weighted by Gasteiger charge is 2.33. The molecule has 130 valence electrons. The van der Waals surface area contributed by atoms with Gasteiger partial charge in [0.15, 0.2) is 0 Å². The molecular formula is C19H25NO4. The van der Waals surface area contributed by atoms with Gasteiger partial charge in [0.05, 0.1) is 19.5 Å². The summed E-state index contributed by atoms with van der Waals surface area (Å²) in [6.07, 6.45) is 1.28. The number of likely N-dealkylation sites (tertiary alicyclic amines) is 1. The lowest BCUT2D eigenvalue weighted by Gasteiger charge is -2.39. The highest BCUT2D eigenvalue weighted by Crippen LogP contribution is 2.32. The molecule has 1 aromatic carbocycles. The van der Waals surface area contributed by atoms with Gasteiger partial charge >= 0.3 is 5.97 Å². The molecule has 0 atom stereocenters. The van der Waals surface area contributed by atoms with Crippen LogP contribution in [0.15, 0.2) is 36.9 Å². The lowest BCUT2D eigenvalue weighted by Crippen LogP contribution is -2.56. The summed E-state index contributed by atoms with van der Waals surface area (Å²) < 4.78 is 10.9. The first kappa shape index (κ1) is 18.0. The Morgan fingerprint density at radius 2 is 1.96 bits per heavy atom. The van der Waals surface area contributed by atoms with Gasteiger partial charge in [-0.25, -0.2) is 4.79 Å². The second-order valence-corrected chi connectivity index (χ2v) is 6.91. The van der Waals surface area contributed by atoms with E-state index in [-0.39, 0.29) is 30.5 Å². The number of benzene rings is 1. The molecule has 0 N–H and O–H groups in total. The van der Waals surface area contributed by atoms with Gasteiger partial charge in [-0.2, -0.15) is 0 Å². The van der Waals surface area contributed by atoms with Crippen LogP contribution in [0.25, 0.3) is 0 Å². The number of para-hydroxylation sites is 1. The van der Waals surface area contributed by atoms with Crippen LogP contribution in [0.3, 0.4) is 0 Å². The summed E-state index contributed by atoms with van der Waals surface area (Å²) in [5.41, 5.74) is 1.16. The van der Waals surface area contributed by atoms with Crippen LogP contribution in [0.1, 0.15) is 32.8 Å². The van der Waals surface area contributed by atoms with E-state index in [1.165, 1.54) is 0 Å². The molecule has 2 rings (SSSR count). The van der Waals surface area contributed by atoms with Crippen LogP contribution in [0.5, 0.6) is 5.75 Å². The van der Waals surface area contributed by atoms with E-state index >= 15 is 0 Å². The molecular weight excluding hydrogens is 306 g/mol. The minimum absolute atomic E-state index is 0.00484. The SMILES string of the molecule is C=CC(=O)OCCC(=O)N1CC(Oc2ccccc2C(C)(C)C)C1. The predicted molar refractivity (Wildman–Crippen MR) is 91.9 cm³/mol. The molecule has 0 aliphatic carbocycles. The van der Waals surface area contributed by atoms with Crippen molar-refractivity contribution in [3.8, 4) is 5.75 Å². The van der Waals surface area contributed by atoms with E-state index < -0.39 is 5.97 Å². The monoisotopic (exact) mass is 331 g/mol. The van der Waals surface area contributed by atoms with Crippen molar-refractivity contribution in [1.29, 1.82) is 0 Å². The first-order valence-electron chi connectivity index (χ1n) is 8.14. The standard InChI is InChI=1S/C19H25NO4/c1-5-18(22)23-11-10-17(21)20-12-14(13-20)24-16-9-7-6-8-15(16)19(2,3)4/h5-9,14H,1,10-13H2,2-4H3. The fourth-order valence-corrected chi connectivity index (χ4v) is 2.54. The summed E-state index contributed by atoms with van der Waals surface area (Å²) in [4.78, 5) is 24.6. The predicted octanol–water partition coefficient (Wildman–Crippen LogP) is 2.69. The van der Waals surface area contributed by atoms with E-state index in [1.807, 2.05) is 18.2 Å². The summed E-state index contributed by atoms with van der Waals surface area (Å²) in [5.74, 6) is 0.337. The molecule has 0 spiro atoms. The van der Waals surface area contributed by atoms with E-state index in [4.69, 9.17) is 9.47 Å². The number of rotatable bonds is 6. The van der Waals surface area contributed by atoms with Crippen molar-refractivity contribution < 1.29 is 19.1 Å². The number of carbonyl (C=O) groups is 2. The molecule has 24 heavy (non-hydrogen) atoms. The van der Waals surface area contributed by atoms with Gasteiger partial charge in [-0.3, -0.25) is 4.79 Å². The molecule has 1 fully saturated rings. The van der Waals surface area contributed by atoms with Crippen molar-refractivity contribution >= 4 is 11.9 Å². The number of hydrogen-bond acceptors (Lipinski definition) is 4. The second kappa shape index (κ2) is 7.51. The van der Waals surface area contributed by atoms with Gasteiger partial charge in [0, 0.05) is 6.08 Å². The Hall–Kier alpha value is -2.30. The van der Waals surface area contributed by atoms with Gasteiger partial charge in [-0.1, -0.05) is 45.5 Å². The van der Waals surface area contributed by atoms with Crippen LogP contribution in [-0.2, 0) is 19.7 Å². The van der Waals surface area contributed by atoms with Crippen molar-refractivity contribution in [1.82, 2.24) is 4.90 Å². The topological polar surface area (TPSA) is 55.8 Å². The summed E-state index contributed by atoms with van der Waals surface area (Å²) in [5, 5.41) is 0. The normalized spacial score (nSPS) is 14.7. The minimum atomic E-state index is -0.508. The third-order valence-electron chi connectivity index (χ3n) is 3.92. The van der Waals surface area contributed by atoms with Gasteiger partial charge in [0.2, 0.25) is 5.91 Å². The van der Waals surface area contributed by atoms with Crippen molar-refractivity contribution in [3.63, 3.8) is 0 Å². The van der Waals surface area contributed by atoms with E-state index in [2.05, 4.69) is 33.4 Å². The molecule has 0 aromatic heterocycles. The maximum Gasteiger partial charge on any atom is 0.330 e. The Labute approximate surface area is 143 Å². The molecule has 1 aliphatic rings. The molecule has 1 aromatic rings. The Bertz CT molecular complexity index is 612. The maximum atomic E-state index is 12.0. The molecule has 1 amide bonds. The summed E-state index contributed by atoms with van der Waals surface area (Å²) >= 11 is 0. The molecule has 0 saturated carbocycles. The first-order valence-corrected chi connectivity index (χ1v) is 8.14. The summed E-state index contributed by atoms with van der Waals surface area (Å²) in [6.45, 7) is 11.0. The Kier molecular flexibility index (Phi) is 5.65. The summed E-state index contributed by atoms with van der Waals surface area (Å²) in [7, 11) is 0. The number of hydrogen-bond donors (Lipinski definition) is 0. The van der Waals surface area contributed by atoms with Crippen molar-refractivity contribution in [2.45, 2.75) is 38.7 Å². The minimum Gasteiger partial charge on any atom is -0.486 e. The fraction of sp³-hybridized carbons (Fsp3) is 0.474. The molecule has 1 saturated heterocycles. The van der Waals surface area contributed by atoms with Gasteiger partial charge in [0.1, 0.15) is 18.5 Å². The average molecular weight is 331 g/mol. The largest absolute Gasteiger partial charge is 0.486 e. The molecule has 0 unspecified atom stereocenters. The number of nitrogens with zero attached hydrogens (tertiary/aromatic N) is 1. The zero-order valence-electron chi connectivity index (χ0n) is 14.6. The van der Waals surface area contributed by atoms with Crippen LogP contribution in [0.2, 0.25) is 0 Å². The van der Waals surface area contributed by atoms with Crippen LogP contribution < -0.4 is 4.74 Å². The summed E-state index contributed by atoms with van der Waals surface area (Å²) in [6, 6.07) is 8.01. The van der Waals surface area contributed by atoms with Crippen LogP contribution in [0.4, 0.5) is 0 Å². The molecule has 1 heterocycles. The second-order valence-electron chi connectivity index (χ2n) is 6.91. The molecule has 0 bridgehead atoms. The number of amides is 1. The van der Waals surface area contributed by atoms with Gasteiger partial charge in [-0.05, 0) is 17.0 Å². The van der Waals surface area contributed by atoms with E-state index in [0.717, 1.165) is 17.4 Å². The van der Waals surface area contributed by atoms with Crippen LogP contribution in [0, 0.1) is 0 Å². The van der Waals surface area contributed by atoms with Crippen molar-refractivity contribution in [2.75, 3.05) is 19.7 Å². The lowest BCUT2D eigenvalue weighted by atomic mass is 9.86. The Morgan fingerprint density at radius 1 is 1.29 bits per heavy atom. The Balaban J connectivity index is 1.80. The van der Waals surface area contributed by atoms with Gasteiger partial charge < -0.3 is 14.4 Å². The van der Waals surface area contributed by atoms with E-state index in [1.54, 1.807) is 4.90 Å². The lowest BCUT2D eigenvalue weighted by molar-refractivity contribution is -0.144. The molecule has 5 heteroatoms. The number of carbonyl (C=O) groups excluding carboxylic acids is 2. The highest BCUT2D eigenvalue weighted by molar-refractivity contribution is 5.82. The maximum absolute atomic E-state index is 12.0. The van der Waals surface area contributed by atoms with E-state index in [0.29, 0.717) is 13.1 Å². The highest BCUT2D eigenvalue weighted by atomic mass is 16.5. The van der Waals surface area contributed by atoms with Gasteiger partial charge in [-0.15, -0.1) is 0 Å². The smallest absolute Gasteiger partial charge is 0.330 e. The zero-order chi connectivity index (χ0) is 17.7. The first-order chi connectivity index (χ1) is 11.3. The quantitative estimate of drug-likeness (QED) is 0.594. The molecule has 1 aliphatic heterocycles.